The molecule has 4 rings (SSSR count). The molecule has 0 unspecified atom stereocenters. The Morgan fingerprint density at radius 3 is 2.47 bits per heavy atom. The van der Waals surface area contributed by atoms with Crippen LogP contribution in [-0.2, 0) is 20.9 Å². The topological polar surface area (TPSA) is 110 Å². The van der Waals surface area contributed by atoms with Crippen LogP contribution in [0, 0.1) is 0 Å². The summed E-state index contributed by atoms with van der Waals surface area (Å²) in [6, 6.07) is 19.7. The number of nitrogens with one attached hydrogen (secondary N) is 2. The lowest BCUT2D eigenvalue weighted by Gasteiger charge is -2.23. The first-order valence-corrected chi connectivity index (χ1v) is 10.8. The van der Waals surface area contributed by atoms with Crippen molar-refractivity contribution in [2.24, 2.45) is 0 Å². The van der Waals surface area contributed by atoms with E-state index >= 15 is 0 Å². The number of carbonyl (C=O) groups excluding carboxylic acids is 3. The van der Waals surface area contributed by atoms with Crippen LogP contribution in [-0.4, -0.2) is 36.0 Å². The maximum atomic E-state index is 13.1. The Bertz CT molecular complexity index is 1150. The molecule has 0 saturated carbocycles. The third-order valence-electron chi connectivity index (χ3n) is 5.10. The minimum absolute atomic E-state index is 0.0535. The standard InChI is InChI=1S/C25H24N4O5/c30-23(28-22-8-4-5-13-26-22)11-12-25(32)29(19-9-10-20-21(14-19)34-17-33-20)16-24(31)27-15-18-6-2-1-3-7-18/h1-10,13-14H,11-12,15-17H2,(H,27,31)(H,26,28,30). The number of amides is 3. The first-order chi connectivity index (χ1) is 16.6. The van der Waals surface area contributed by atoms with Crippen LogP contribution in [0.2, 0.25) is 0 Å². The molecule has 2 aromatic carbocycles. The molecule has 34 heavy (non-hydrogen) atoms. The average Bonchev–Trinajstić information content (AvgIpc) is 3.34. The second-order valence-corrected chi connectivity index (χ2v) is 7.54. The van der Waals surface area contributed by atoms with E-state index in [1.165, 1.54) is 4.90 Å². The van der Waals surface area contributed by atoms with Crippen molar-refractivity contribution >= 4 is 29.2 Å². The number of ether oxygens (including phenoxy) is 2. The largest absolute Gasteiger partial charge is 0.454 e. The zero-order valence-corrected chi connectivity index (χ0v) is 18.4. The van der Waals surface area contributed by atoms with Crippen LogP contribution in [0.25, 0.3) is 0 Å². The Kier molecular flexibility index (Phi) is 7.34. The van der Waals surface area contributed by atoms with Crippen LogP contribution >= 0.6 is 0 Å². The number of fused-ring (bicyclic) bond motifs is 1. The molecule has 0 aliphatic carbocycles. The number of hydrogen-bond acceptors (Lipinski definition) is 6. The molecule has 1 aromatic heterocycles. The number of rotatable bonds is 9. The van der Waals surface area contributed by atoms with Gasteiger partial charge in [0, 0.05) is 37.3 Å². The normalized spacial score (nSPS) is 11.5. The first kappa shape index (κ1) is 22.8. The molecule has 2 heterocycles. The van der Waals surface area contributed by atoms with E-state index in [1.54, 1.807) is 42.6 Å². The molecule has 9 nitrogen and oxygen atoms in total. The minimum Gasteiger partial charge on any atom is -0.454 e. The summed E-state index contributed by atoms with van der Waals surface area (Å²) in [6.07, 6.45) is 1.43. The fraction of sp³-hybridized carbons (Fsp3) is 0.200. The average molecular weight is 460 g/mol. The van der Waals surface area contributed by atoms with Crippen LogP contribution in [0.1, 0.15) is 18.4 Å². The fourth-order valence-corrected chi connectivity index (χ4v) is 3.37. The molecular formula is C25H24N4O5. The SMILES string of the molecule is O=C(CN(C(=O)CCC(=O)Nc1ccccn1)c1ccc2c(c1)OCO2)NCc1ccccc1. The van der Waals surface area contributed by atoms with E-state index in [4.69, 9.17) is 9.47 Å². The van der Waals surface area contributed by atoms with E-state index in [0.717, 1.165) is 5.56 Å². The Hall–Kier alpha value is -4.40. The number of pyridine rings is 1. The lowest BCUT2D eigenvalue weighted by Crippen LogP contribution is -2.41. The summed E-state index contributed by atoms with van der Waals surface area (Å²) in [5.41, 5.74) is 1.43. The number of nitrogens with zero attached hydrogens (tertiary/aromatic N) is 2. The van der Waals surface area contributed by atoms with Crippen molar-refractivity contribution in [2.45, 2.75) is 19.4 Å². The van der Waals surface area contributed by atoms with Gasteiger partial charge in [0.2, 0.25) is 24.5 Å². The summed E-state index contributed by atoms with van der Waals surface area (Å²) in [6.45, 7) is 0.237. The Morgan fingerprint density at radius 1 is 0.882 bits per heavy atom. The zero-order valence-electron chi connectivity index (χ0n) is 18.4. The molecular weight excluding hydrogens is 436 g/mol. The van der Waals surface area contributed by atoms with Crippen molar-refractivity contribution in [3.8, 4) is 11.5 Å². The van der Waals surface area contributed by atoms with Crippen molar-refractivity contribution in [2.75, 3.05) is 23.6 Å². The van der Waals surface area contributed by atoms with Gasteiger partial charge in [0.15, 0.2) is 11.5 Å². The highest BCUT2D eigenvalue weighted by Gasteiger charge is 2.23. The number of carbonyl (C=O) groups is 3. The molecule has 0 atom stereocenters. The van der Waals surface area contributed by atoms with Crippen molar-refractivity contribution in [3.05, 3.63) is 78.5 Å². The lowest BCUT2D eigenvalue weighted by molar-refractivity contribution is -0.125. The van der Waals surface area contributed by atoms with Crippen molar-refractivity contribution in [1.82, 2.24) is 10.3 Å². The monoisotopic (exact) mass is 460 g/mol. The van der Waals surface area contributed by atoms with Crippen LogP contribution in [0.5, 0.6) is 11.5 Å². The summed E-state index contributed by atoms with van der Waals surface area (Å²) >= 11 is 0. The van der Waals surface area contributed by atoms with Gasteiger partial charge in [-0.25, -0.2) is 4.98 Å². The maximum absolute atomic E-state index is 13.1. The molecule has 174 valence electrons. The summed E-state index contributed by atoms with van der Waals surface area (Å²) in [5, 5.41) is 5.48. The summed E-state index contributed by atoms with van der Waals surface area (Å²) in [5.74, 6) is 0.434. The molecule has 0 fully saturated rings. The summed E-state index contributed by atoms with van der Waals surface area (Å²) in [7, 11) is 0. The minimum atomic E-state index is -0.370. The molecule has 0 spiro atoms. The van der Waals surface area contributed by atoms with E-state index in [2.05, 4.69) is 15.6 Å². The third-order valence-corrected chi connectivity index (χ3v) is 5.10. The van der Waals surface area contributed by atoms with Crippen LogP contribution < -0.4 is 25.0 Å². The zero-order chi connectivity index (χ0) is 23.8. The van der Waals surface area contributed by atoms with Crippen LogP contribution in [0.4, 0.5) is 11.5 Å². The fourth-order valence-electron chi connectivity index (χ4n) is 3.37. The molecule has 0 saturated heterocycles. The molecule has 0 bridgehead atoms. The summed E-state index contributed by atoms with van der Waals surface area (Å²) in [4.78, 5) is 43.4. The van der Waals surface area contributed by atoms with Gasteiger partial charge in [-0.2, -0.15) is 0 Å². The van der Waals surface area contributed by atoms with E-state index in [0.29, 0.717) is 29.5 Å². The van der Waals surface area contributed by atoms with Crippen LogP contribution in [0.3, 0.4) is 0 Å². The maximum Gasteiger partial charge on any atom is 0.240 e. The number of anilines is 2. The summed E-state index contributed by atoms with van der Waals surface area (Å²) < 4.78 is 10.7. The highest BCUT2D eigenvalue weighted by Crippen LogP contribution is 2.35. The van der Waals surface area contributed by atoms with Crippen LogP contribution in [0.15, 0.2) is 72.9 Å². The molecule has 3 aromatic rings. The Balaban J connectivity index is 1.41. The number of aromatic nitrogens is 1. The van der Waals surface area contributed by atoms with Gasteiger partial charge in [-0.1, -0.05) is 36.4 Å². The van der Waals surface area contributed by atoms with Gasteiger partial charge < -0.3 is 25.0 Å². The van der Waals surface area contributed by atoms with Crippen molar-refractivity contribution in [3.63, 3.8) is 0 Å². The molecule has 1 aliphatic heterocycles. The van der Waals surface area contributed by atoms with E-state index < -0.39 is 0 Å². The van der Waals surface area contributed by atoms with Gasteiger partial charge in [-0.15, -0.1) is 0 Å². The number of hydrogen-bond donors (Lipinski definition) is 2. The highest BCUT2D eigenvalue weighted by molar-refractivity contribution is 6.01. The predicted octanol–water partition coefficient (Wildman–Crippen LogP) is 2.88. The highest BCUT2D eigenvalue weighted by atomic mass is 16.7. The van der Waals surface area contributed by atoms with Gasteiger partial charge in [0.1, 0.15) is 12.4 Å². The number of benzene rings is 2. The molecule has 1 aliphatic rings. The molecule has 0 radical (unpaired) electrons. The Morgan fingerprint density at radius 2 is 1.68 bits per heavy atom. The van der Waals surface area contributed by atoms with Crippen molar-refractivity contribution in [1.29, 1.82) is 0 Å². The molecule has 3 amide bonds. The second-order valence-electron chi connectivity index (χ2n) is 7.54. The van der Waals surface area contributed by atoms with Gasteiger partial charge >= 0.3 is 0 Å². The molecule has 9 heteroatoms. The van der Waals surface area contributed by atoms with Crippen molar-refractivity contribution < 1.29 is 23.9 Å². The third kappa shape index (κ3) is 6.10. The first-order valence-electron chi connectivity index (χ1n) is 10.8. The van der Waals surface area contributed by atoms with Gasteiger partial charge in [0.25, 0.3) is 0 Å². The van der Waals surface area contributed by atoms with E-state index in [-0.39, 0.29) is 43.9 Å². The lowest BCUT2D eigenvalue weighted by atomic mass is 10.2. The smallest absolute Gasteiger partial charge is 0.240 e. The Labute approximate surface area is 196 Å². The van der Waals surface area contributed by atoms with Gasteiger partial charge in [-0.3, -0.25) is 14.4 Å². The van der Waals surface area contributed by atoms with E-state index in [9.17, 15) is 14.4 Å². The predicted molar refractivity (Wildman–Crippen MR) is 125 cm³/mol. The van der Waals surface area contributed by atoms with E-state index in [1.807, 2.05) is 30.3 Å². The second kappa shape index (κ2) is 11.0. The van der Waals surface area contributed by atoms with Gasteiger partial charge in [-0.05, 0) is 29.8 Å². The molecule has 2 N–H and O–H groups in total. The van der Waals surface area contributed by atoms with Gasteiger partial charge in [0.05, 0.1) is 0 Å². The quantitative estimate of drug-likeness (QED) is 0.508.